The summed E-state index contributed by atoms with van der Waals surface area (Å²) in [6.07, 6.45) is 2.59. The molecule has 146 valence electrons. The van der Waals surface area contributed by atoms with Crippen LogP contribution in [0.1, 0.15) is 54.4 Å². The highest BCUT2D eigenvalue weighted by molar-refractivity contribution is 6.22. The van der Waals surface area contributed by atoms with E-state index in [2.05, 4.69) is 19.9 Å². The van der Waals surface area contributed by atoms with Gasteiger partial charge in [-0.15, -0.1) is 11.6 Å². The van der Waals surface area contributed by atoms with E-state index < -0.39 is 34.3 Å². The van der Waals surface area contributed by atoms with E-state index in [9.17, 15) is 14.7 Å². The Bertz CT molecular complexity index is 667. The number of esters is 1. The zero-order chi connectivity index (χ0) is 19.7. The van der Waals surface area contributed by atoms with Crippen molar-refractivity contribution in [1.29, 1.82) is 0 Å². The summed E-state index contributed by atoms with van der Waals surface area (Å²) in [7, 11) is 0. The molecular weight excluding hydrogens is 356 g/mol. The van der Waals surface area contributed by atoms with E-state index >= 15 is 0 Å². The number of allylic oxidation sites excluding steroid dienone is 1. The highest BCUT2D eigenvalue weighted by Crippen LogP contribution is 2.60. The second-order valence-corrected chi connectivity index (χ2v) is 9.57. The van der Waals surface area contributed by atoms with Crippen LogP contribution in [0.4, 0.5) is 0 Å². The molecule has 2 bridgehead atoms. The maximum atomic E-state index is 13.2. The number of halogens is 1. The number of hydrogen-bond acceptors (Lipinski definition) is 5. The lowest BCUT2D eigenvalue weighted by Crippen LogP contribution is -2.58. The average Bonchev–Trinajstić information content (AvgIpc) is 2.92. The fraction of sp³-hybridized carbons (Fsp3) is 0.800. The number of ether oxygens (including phenoxy) is 2. The Morgan fingerprint density at radius 1 is 1.46 bits per heavy atom. The molecule has 26 heavy (non-hydrogen) atoms. The van der Waals surface area contributed by atoms with Crippen LogP contribution in [0, 0.1) is 17.8 Å². The van der Waals surface area contributed by atoms with Crippen LogP contribution in [0.2, 0.25) is 0 Å². The molecule has 6 heteroatoms. The standard InChI is InChI=1S/C20H29ClO5/c1-10(2)13-8-15(25-17(23)18(5,24)12(4)21)19(6)16(22)14-7-11(3)9-20(13,14)26-19/h9-10,12-15,24H,7-8H2,1-6H3/t12-,13-,14+,15-,18-,19?,20?/m0/s1. The van der Waals surface area contributed by atoms with Gasteiger partial charge in [0.15, 0.2) is 17.0 Å². The van der Waals surface area contributed by atoms with Crippen molar-refractivity contribution in [2.24, 2.45) is 17.8 Å². The predicted molar refractivity (Wildman–Crippen MR) is 97.9 cm³/mol. The molecule has 2 aliphatic heterocycles. The molecule has 3 aliphatic rings. The zero-order valence-corrected chi connectivity index (χ0v) is 17.1. The fourth-order valence-corrected chi connectivity index (χ4v) is 4.95. The second kappa shape index (κ2) is 6.05. The number of carbonyl (C=O) groups excluding carboxylic acids is 2. The molecule has 0 saturated carbocycles. The molecule has 2 fully saturated rings. The number of Topliss-reactive ketones (excluding diaryl/α,β-unsaturated/α-hetero) is 1. The molecule has 0 amide bonds. The van der Waals surface area contributed by atoms with E-state index in [4.69, 9.17) is 21.1 Å². The van der Waals surface area contributed by atoms with E-state index in [1.165, 1.54) is 19.4 Å². The molecule has 2 saturated heterocycles. The van der Waals surface area contributed by atoms with Crippen molar-refractivity contribution in [2.75, 3.05) is 0 Å². The molecule has 2 unspecified atom stereocenters. The third-order valence-corrected chi connectivity index (χ3v) is 7.07. The van der Waals surface area contributed by atoms with Crippen LogP contribution in [0.5, 0.6) is 0 Å². The minimum absolute atomic E-state index is 0.00915. The molecular formula is C20H29ClO5. The summed E-state index contributed by atoms with van der Waals surface area (Å²) < 4.78 is 12.1. The summed E-state index contributed by atoms with van der Waals surface area (Å²) in [6, 6.07) is 0. The first kappa shape index (κ1) is 19.8. The van der Waals surface area contributed by atoms with Gasteiger partial charge >= 0.3 is 5.97 Å². The van der Waals surface area contributed by atoms with Crippen LogP contribution in [-0.4, -0.2) is 45.1 Å². The van der Waals surface area contributed by atoms with Gasteiger partial charge < -0.3 is 14.6 Å². The summed E-state index contributed by atoms with van der Waals surface area (Å²) in [5.74, 6) is -0.740. The lowest BCUT2D eigenvalue weighted by Gasteiger charge is -2.47. The highest BCUT2D eigenvalue weighted by atomic mass is 35.5. The predicted octanol–water partition coefficient (Wildman–Crippen LogP) is 3.02. The van der Waals surface area contributed by atoms with Crippen molar-refractivity contribution in [3.63, 3.8) is 0 Å². The van der Waals surface area contributed by atoms with Crippen LogP contribution < -0.4 is 0 Å². The van der Waals surface area contributed by atoms with E-state index in [0.29, 0.717) is 12.8 Å². The first-order chi connectivity index (χ1) is 11.9. The summed E-state index contributed by atoms with van der Waals surface area (Å²) >= 11 is 5.94. The number of rotatable bonds is 4. The maximum Gasteiger partial charge on any atom is 0.339 e. The van der Waals surface area contributed by atoms with Crippen LogP contribution >= 0.6 is 11.6 Å². The Labute approximate surface area is 160 Å². The minimum atomic E-state index is -1.83. The van der Waals surface area contributed by atoms with E-state index in [-0.39, 0.29) is 23.5 Å². The maximum absolute atomic E-state index is 13.2. The SMILES string of the molecule is CC1=CC23OC(C)(C(=O)[C@H]2C1)[C@@H](OC(=O)[C@@](C)(O)[C@H](C)Cl)C[C@H]3C(C)C. The number of carbonyl (C=O) groups is 2. The van der Waals surface area contributed by atoms with Gasteiger partial charge in [-0.25, -0.2) is 4.79 Å². The van der Waals surface area contributed by atoms with Crippen molar-refractivity contribution in [3.8, 4) is 0 Å². The van der Waals surface area contributed by atoms with E-state index in [1.807, 2.05) is 6.92 Å². The van der Waals surface area contributed by atoms with Gasteiger partial charge in [-0.3, -0.25) is 4.79 Å². The Kier molecular flexibility index (Phi) is 4.61. The van der Waals surface area contributed by atoms with Gasteiger partial charge in [-0.2, -0.15) is 0 Å². The fourth-order valence-electron chi connectivity index (χ4n) is 4.86. The topological polar surface area (TPSA) is 72.8 Å². The average molecular weight is 385 g/mol. The molecule has 0 aromatic rings. The molecule has 5 nitrogen and oxygen atoms in total. The lowest BCUT2D eigenvalue weighted by molar-refractivity contribution is -0.223. The van der Waals surface area contributed by atoms with Gasteiger partial charge in [0, 0.05) is 0 Å². The minimum Gasteiger partial charge on any atom is -0.457 e. The van der Waals surface area contributed by atoms with Crippen LogP contribution in [-0.2, 0) is 19.1 Å². The summed E-state index contributed by atoms with van der Waals surface area (Å²) in [4.78, 5) is 25.8. The normalized spacial score (nSPS) is 42.3. The Hall–Kier alpha value is -0.910. The Morgan fingerprint density at radius 2 is 2.08 bits per heavy atom. The van der Waals surface area contributed by atoms with Gasteiger partial charge in [0.25, 0.3) is 0 Å². The molecule has 2 heterocycles. The molecule has 1 aliphatic carbocycles. The van der Waals surface area contributed by atoms with E-state index in [1.54, 1.807) is 6.92 Å². The van der Waals surface area contributed by atoms with E-state index in [0.717, 1.165) is 0 Å². The third kappa shape index (κ3) is 2.58. The first-order valence-electron chi connectivity index (χ1n) is 9.36. The number of aliphatic hydroxyl groups is 1. The van der Waals surface area contributed by atoms with Gasteiger partial charge in [-0.1, -0.05) is 25.5 Å². The Morgan fingerprint density at radius 3 is 2.62 bits per heavy atom. The summed E-state index contributed by atoms with van der Waals surface area (Å²) in [5, 5.41) is 9.52. The molecule has 7 atom stereocenters. The zero-order valence-electron chi connectivity index (χ0n) is 16.3. The van der Waals surface area contributed by atoms with Crippen molar-refractivity contribution < 1.29 is 24.2 Å². The third-order valence-electron chi connectivity index (χ3n) is 6.64. The van der Waals surface area contributed by atoms with Crippen molar-refractivity contribution in [3.05, 3.63) is 11.6 Å². The van der Waals surface area contributed by atoms with Gasteiger partial charge in [0.1, 0.15) is 11.7 Å². The lowest BCUT2D eigenvalue weighted by atomic mass is 9.72. The van der Waals surface area contributed by atoms with Crippen LogP contribution in [0.25, 0.3) is 0 Å². The highest BCUT2D eigenvalue weighted by Gasteiger charge is 2.71. The molecule has 0 aromatic carbocycles. The van der Waals surface area contributed by atoms with Crippen molar-refractivity contribution in [1.82, 2.24) is 0 Å². The molecule has 1 spiro atoms. The molecule has 0 radical (unpaired) electrons. The van der Waals surface area contributed by atoms with Gasteiger partial charge in [0.2, 0.25) is 0 Å². The van der Waals surface area contributed by atoms with Crippen molar-refractivity contribution in [2.45, 2.75) is 82.7 Å². The molecule has 1 N–H and O–H groups in total. The Balaban J connectivity index is 1.96. The number of alkyl halides is 1. The summed E-state index contributed by atoms with van der Waals surface area (Å²) in [5.41, 5.74) is -2.44. The summed E-state index contributed by atoms with van der Waals surface area (Å²) in [6.45, 7) is 10.8. The van der Waals surface area contributed by atoms with Gasteiger partial charge in [0.05, 0.1) is 11.3 Å². The van der Waals surface area contributed by atoms with Crippen LogP contribution in [0.15, 0.2) is 11.6 Å². The first-order valence-corrected chi connectivity index (χ1v) is 9.80. The number of ketones is 1. The van der Waals surface area contributed by atoms with Crippen LogP contribution in [0.3, 0.4) is 0 Å². The quantitative estimate of drug-likeness (QED) is 0.458. The molecule has 3 rings (SSSR count). The second-order valence-electron chi connectivity index (χ2n) is 8.92. The molecule has 0 aromatic heterocycles. The van der Waals surface area contributed by atoms with Gasteiger partial charge in [-0.05, 0) is 52.4 Å². The number of hydrogen-bond donors (Lipinski definition) is 1. The largest absolute Gasteiger partial charge is 0.457 e. The monoisotopic (exact) mass is 384 g/mol. The smallest absolute Gasteiger partial charge is 0.339 e. The van der Waals surface area contributed by atoms with Crippen molar-refractivity contribution >= 4 is 23.4 Å². The number of fused-ring (bicyclic) bond motifs is 1.